The van der Waals surface area contributed by atoms with E-state index < -0.39 is 0 Å². The normalized spacial score (nSPS) is 8.83. The van der Waals surface area contributed by atoms with Crippen molar-refractivity contribution >= 4 is 0 Å². The summed E-state index contributed by atoms with van der Waals surface area (Å²) in [6.45, 7) is 3.51. The summed E-state index contributed by atoms with van der Waals surface area (Å²) < 4.78 is 8.83. The molecule has 0 fully saturated rings. The van der Waals surface area contributed by atoms with Crippen LogP contribution in [-0.4, -0.2) is 20.3 Å². The van der Waals surface area contributed by atoms with E-state index in [1.165, 1.54) is 12.7 Å². The monoisotopic (exact) mass is 168 g/mol. The standard InChI is InChI=1S/2C3H4N2O/c1-3-4-2-6-5-3;1-3-4-2-5-6-3/h2*2H,1H3. The fourth-order valence-corrected chi connectivity index (χ4v) is 0.452. The molecular weight excluding hydrogens is 160 g/mol. The Balaban J connectivity index is 0.000000120. The second-order valence-corrected chi connectivity index (χ2v) is 1.94. The summed E-state index contributed by atoms with van der Waals surface area (Å²) in [6, 6.07) is 0. The van der Waals surface area contributed by atoms with Gasteiger partial charge in [-0.3, -0.25) is 0 Å². The maximum Gasteiger partial charge on any atom is 0.223 e. The second-order valence-electron chi connectivity index (χ2n) is 1.94. The summed E-state index contributed by atoms with van der Waals surface area (Å²) in [6.07, 6.45) is 2.67. The number of aryl methyl sites for hydroxylation is 2. The Morgan fingerprint density at radius 1 is 1.25 bits per heavy atom. The van der Waals surface area contributed by atoms with E-state index in [4.69, 9.17) is 0 Å². The molecule has 0 saturated carbocycles. The van der Waals surface area contributed by atoms with Crippen molar-refractivity contribution < 1.29 is 9.05 Å². The van der Waals surface area contributed by atoms with Gasteiger partial charge in [0, 0.05) is 6.92 Å². The van der Waals surface area contributed by atoms with Crippen LogP contribution in [0.25, 0.3) is 0 Å². The van der Waals surface area contributed by atoms with Crippen molar-refractivity contribution in [2.45, 2.75) is 13.8 Å². The van der Waals surface area contributed by atoms with E-state index in [0.717, 1.165) is 0 Å². The highest BCUT2D eigenvalue weighted by atomic mass is 16.5. The number of nitrogens with zero attached hydrogens (tertiary/aromatic N) is 4. The summed E-state index contributed by atoms with van der Waals surface area (Å²) in [5.41, 5.74) is 0. The molecule has 6 heteroatoms. The van der Waals surface area contributed by atoms with Gasteiger partial charge in [-0.25, -0.2) is 0 Å². The predicted molar refractivity (Wildman–Crippen MR) is 38.1 cm³/mol. The lowest BCUT2D eigenvalue weighted by Crippen LogP contribution is -1.66. The SMILES string of the molecule is Cc1ncno1.Cc1ncon1. The summed E-state index contributed by atoms with van der Waals surface area (Å²) >= 11 is 0. The zero-order valence-corrected chi connectivity index (χ0v) is 6.76. The molecule has 0 aromatic carbocycles. The first kappa shape index (κ1) is 8.38. The fraction of sp³-hybridized carbons (Fsp3) is 0.333. The van der Waals surface area contributed by atoms with Crippen LogP contribution in [-0.2, 0) is 0 Å². The van der Waals surface area contributed by atoms with E-state index in [1.807, 2.05) is 0 Å². The smallest absolute Gasteiger partial charge is 0.223 e. The fourth-order valence-electron chi connectivity index (χ4n) is 0.452. The van der Waals surface area contributed by atoms with Gasteiger partial charge in [0.1, 0.15) is 0 Å². The maximum absolute atomic E-state index is 4.47. The van der Waals surface area contributed by atoms with Crippen molar-refractivity contribution in [2.24, 2.45) is 0 Å². The molecule has 0 spiro atoms. The van der Waals surface area contributed by atoms with Crippen LogP contribution in [0.4, 0.5) is 0 Å². The highest BCUT2D eigenvalue weighted by Gasteiger charge is 1.80. The zero-order chi connectivity index (χ0) is 8.81. The molecule has 0 aliphatic rings. The van der Waals surface area contributed by atoms with Gasteiger partial charge in [-0.2, -0.15) is 9.97 Å². The van der Waals surface area contributed by atoms with Crippen LogP contribution < -0.4 is 0 Å². The van der Waals surface area contributed by atoms with Crippen LogP contribution in [0.5, 0.6) is 0 Å². The Hall–Kier alpha value is -1.72. The number of rotatable bonds is 0. The molecule has 0 aliphatic carbocycles. The Morgan fingerprint density at radius 3 is 2.25 bits per heavy atom. The lowest BCUT2D eigenvalue weighted by atomic mass is 10.8. The largest absolute Gasteiger partial charge is 0.343 e. The van der Waals surface area contributed by atoms with Gasteiger partial charge in [0.15, 0.2) is 12.2 Å². The Bertz CT molecular complexity index is 257. The molecule has 6 nitrogen and oxygen atoms in total. The molecule has 2 aromatic rings. The third-order valence-corrected chi connectivity index (χ3v) is 0.943. The Kier molecular flexibility index (Phi) is 2.95. The summed E-state index contributed by atoms with van der Waals surface area (Å²) in [4.78, 5) is 7.28. The van der Waals surface area contributed by atoms with Gasteiger partial charge in [0.2, 0.25) is 12.3 Å². The van der Waals surface area contributed by atoms with Crippen LogP contribution in [0.1, 0.15) is 11.7 Å². The Labute approximate surface area is 68.6 Å². The maximum atomic E-state index is 4.47. The highest BCUT2D eigenvalue weighted by molar-refractivity contribution is 4.67. The molecule has 0 atom stereocenters. The summed E-state index contributed by atoms with van der Waals surface area (Å²) in [7, 11) is 0. The molecular formula is C6H8N4O2. The van der Waals surface area contributed by atoms with Crippen molar-refractivity contribution in [3.8, 4) is 0 Å². The zero-order valence-electron chi connectivity index (χ0n) is 6.76. The van der Waals surface area contributed by atoms with Crippen molar-refractivity contribution in [2.75, 3.05) is 0 Å². The summed E-state index contributed by atoms with van der Waals surface area (Å²) in [5.74, 6) is 1.28. The molecule has 64 valence electrons. The number of aromatic nitrogens is 4. The topological polar surface area (TPSA) is 77.8 Å². The minimum atomic E-state index is 0.606. The lowest BCUT2D eigenvalue weighted by Gasteiger charge is -1.63. The van der Waals surface area contributed by atoms with Gasteiger partial charge in [0.05, 0.1) is 0 Å². The molecule has 2 heterocycles. The van der Waals surface area contributed by atoms with E-state index in [1.54, 1.807) is 13.8 Å². The van der Waals surface area contributed by atoms with Crippen LogP contribution in [0.2, 0.25) is 0 Å². The van der Waals surface area contributed by atoms with Gasteiger partial charge < -0.3 is 9.05 Å². The molecule has 0 amide bonds. The average molecular weight is 168 g/mol. The van der Waals surface area contributed by atoms with Crippen molar-refractivity contribution in [1.29, 1.82) is 0 Å². The Morgan fingerprint density at radius 2 is 2.08 bits per heavy atom. The van der Waals surface area contributed by atoms with Gasteiger partial charge in [-0.1, -0.05) is 10.3 Å². The predicted octanol–water partition coefficient (Wildman–Crippen LogP) is 0.756. The van der Waals surface area contributed by atoms with Gasteiger partial charge in [0.25, 0.3) is 0 Å². The third-order valence-electron chi connectivity index (χ3n) is 0.943. The van der Waals surface area contributed by atoms with Crippen molar-refractivity contribution in [3.63, 3.8) is 0 Å². The second kappa shape index (κ2) is 4.22. The average Bonchev–Trinajstić information content (AvgIpc) is 2.63. The van der Waals surface area contributed by atoms with Crippen molar-refractivity contribution in [3.05, 3.63) is 24.4 Å². The molecule has 12 heavy (non-hydrogen) atoms. The highest BCUT2D eigenvalue weighted by Crippen LogP contribution is 1.81. The van der Waals surface area contributed by atoms with E-state index in [-0.39, 0.29) is 0 Å². The van der Waals surface area contributed by atoms with E-state index in [0.29, 0.717) is 11.7 Å². The minimum absolute atomic E-state index is 0.606. The van der Waals surface area contributed by atoms with Gasteiger partial charge in [-0.15, -0.1) is 0 Å². The third kappa shape index (κ3) is 2.91. The molecule has 0 radical (unpaired) electrons. The number of hydrogen-bond donors (Lipinski definition) is 0. The first-order chi connectivity index (χ1) is 5.79. The number of hydrogen-bond acceptors (Lipinski definition) is 6. The lowest BCUT2D eigenvalue weighted by molar-refractivity contribution is 0.392. The first-order valence-corrected chi connectivity index (χ1v) is 3.25. The quantitative estimate of drug-likeness (QED) is 0.577. The van der Waals surface area contributed by atoms with Crippen molar-refractivity contribution in [1.82, 2.24) is 20.3 Å². The van der Waals surface area contributed by atoms with Gasteiger partial charge in [-0.05, 0) is 6.92 Å². The molecule has 0 unspecified atom stereocenters. The molecule has 0 bridgehead atoms. The van der Waals surface area contributed by atoms with Crippen LogP contribution >= 0.6 is 0 Å². The molecule has 0 saturated heterocycles. The van der Waals surface area contributed by atoms with Crippen LogP contribution in [0, 0.1) is 13.8 Å². The van der Waals surface area contributed by atoms with Gasteiger partial charge >= 0.3 is 0 Å². The molecule has 2 aromatic heterocycles. The van der Waals surface area contributed by atoms with Crippen LogP contribution in [0.15, 0.2) is 21.8 Å². The molecule has 2 rings (SSSR count). The minimum Gasteiger partial charge on any atom is -0.343 e. The van der Waals surface area contributed by atoms with E-state index in [9.17, 15) is 0 Å². The first-order valence-electron chi connectivity index (χ1n) is 3.25. The summed E-state index contributed by atoms with van der Waals surface area (Å²) in [5, 5.41) is 6.77. The van der Waals surface area contributed by atoms with Crippen LogP contribution in [0.3, 0.4) is 0 Å². The van der Waals surface area contributed by atoms with E-state index >= 15 is 0 Å². The molecule has 0 N–H and O–H groups in total. The van der Waals surface area contributed by atoms with E-state index in [2.05, 4.69) is 29.3 Å². The molecule has 0 aliphatic heterocycles.